The van der Waals surface area contributed by atoms with Gasteiger partial charge in [-0.2, -0.15) is 0 Å². The van der Waals surface area contributed by atoms with E-state index in [1.807, 2.05) is 13.0 Å². The molecule has 1 fully saturated rings. The number of fused-ring (bicyclic) bond motifs is 1. The summed E-state index contributed by atoms with van der Waals surface area (Å²) in [6, 6.07) is 8.45. The molecule has 1 aliphatic rings. The Morgan fingerprint density at radius 1 is 1.17 bits per heavy atom. The van der Waals surface area contributed by atoms with Gasteiger partial charge in [-0.25, -0.2) is 9.97 Å². The normalized spacial score (nSPS) is 16.5. The van der Waals surface area contributed by atoms with Crippen LogP contribution in [-0.4, -0.2) is 40.0 Å². The second kappa shape index (κ2) is 8.60. The molecule has 2 aromatic heterocycles. The Bertz CT molecular complexity index is 1050. The molecule has 3 aromatic rings. The van der Waals surface area contributed by atoms with Crippen LogP contribution in [-0.2, 0) is 6.42 Å². The first-order valence-electron chi connectivity index (χ1n) is 10.3. The van der Waals surface area contributed by atoms with Crippen LogP contribution in [0.4, 0.5) is 0 Å². The molecule has 0 aliphatic carbocycles. The number of halogens is 1. The van der Waals surface area contributed by atoms with Crippen molar-refractivity contribution in [1.82, 2.24) is 19.9 Å². The Morgan fingerprint density at radius 3 is 2.72 bits per heavy atom. The molecule has 1 saturated heterocycles. The highest BCUT2D eigenvalue weighted by Gasteiger charge is 2.19. The van der Waals surface area contributed by atoms with Gasteiger partial charge < -0.3 is 4.90 Å². The van der Waals surface area contributed by atoms with Crippen molar-refractivity contribution in [2.75, 3.05) is 20.1 Å². The van der Waals surface area contributed by atoms with Crippen LogP contribution in [0.25, 0.3) is 16.5 Å². The minimum Gasteiger partial charge on any atom is -0.306 e. The van der Waals surface area contributed by atoms with E-state index >= 15 is 0 Å². The number of aromatic nitrogens is 3. The minimum absolute atomic E-state index is 0.650. The van der Waals surface area contributed by atoms with Crippen LogP contribution >= 0.6 is 11.6 Å². The molecule has 0 radical (unpaired) electrons. The molecule has 4 rings (SSSR count). The summed E-state index contributed by atoms with van der Waals surface area (Å²) in [7, 11) is 2.20. The molecule has 3 heterocycles. The van der Waals surface area contributed by atoms with Gasteiger partial charge in [0, 0.05) is 22.8 Å². The number of hydrogen-bond acceptors (Lipinski definition) is 4. The monoisotopic (exact) mass is 406 g/mol. The first kappa shape index (κ1) is 20.0. The fourth-order valence-corrected chi connectivity index (χ4v) is 4.40. The second-order valence-corrected chi connectivity index (χ2v) is 8.43. The Kier molecular flexibility index (Phi) is 5.93. The molecular weight excluding hydrogens is 380 g/mol. The lowest BCUT2D eigenvalue weighted by atomic mass is 9.90. The van der Waals surface area contributed by atoms with Gasteiger partial charge >= 0.3 is 0 Å². The number of hydrogen-bond donors (Lipinski definition) is 0. The topological polar surface area (TPSA) is 41.9 Å². The lowest BCUT2D eigenvalue weighted by Gasteiger charge is -2.28. The molecule has 0 amide bonds. The fourth-order valence-electron chi connectivity index (χ4n) is 4.24. The Morgan fingerprint density at radius 2 is 1.97 bits per heavy atom. The summed E-state index contributed by atoms with van der Waals surface area (Å²) in [5, 5.41) is 1.80. The highest BCUT2D eigenvalue weighted by atomic mass is 35.5. The first-order chi connectivity index (χ1) is 14.0. The first-order valence-corrected chi connectivity index (χ1v) is 10.6. The Labute approximate surface area is 177 Å². The third-order valence-corrected chi connectivity index (χ3v) is 6.19. The number of rotatable bonds is 4. The van der Waals surface area contributed by atoms with E-state index in [0.717, 1.165) is 45.4 Å². The molecule has 0 saturated carbocycles. The number of aryl methyl sites for hydroxylation is 1. The molecule has 0 spiro atoms. The van der Waals surface area contributed by atoms with E-state index in [0.29, 0.717) is 10.9 Å². The lowest BCUT2D eigenvalue weighted by molar-refractivity contribution is 0.218. The number of piperidine rings is 1. The SMILES string of the molecule is C/C=C(/c1ccc2ncnc(CC3CCN(C)CC3)c2c1)c1cc(Cl)cnc1C. The zero-order valence-electron chi connectivity index (χ0n) is 17.3. The molecule has 0 unspecified atom stereocenters. The van der Waals surface area contributed by atoms with Crippen molar-refractivity contribution >= 4 is 28.1 Å². The summed E-state index contributed by atoms with van der Waals surface area (Å²) in [6.45, 7) is 6.41. The maximum atomic E-state index is 6.23. The predicted molar refractivity (Wildman–Crippen MR) is 120 cm³/mol. The highest BCUT2D eigenvalue weighted by molar-refractivity contribution is 6.30. The number of allylic oxidation sites excluding steroid dienone is 1. The van der Waals surface area contributed by atoms with Gasteiger partial charge in [0.2, 0.25) is 0 Å². The highest BCUT2D eigenvalue weighted by Crippen LogP contribution is 2.31. The molecule has 0 bridgehead atoms. The van der Waals surface area contributed by atoms with Crippen molar-refractivity contribution in [3.05, 3.63) is 70.4 Å². The minimum atomic E-state index is 0.650. The predicted octanol–water partition coefficient (Wildman–Crippen LogP) is 5.32. The molecule has 0 atom stereocenters. The number of nitrogens with zero attached hydrogens (tertiary/aromatic N) is 4. The van der Waals surface area contributed by atoms with Crippen molar-refractivity contribution in [2.24, 2.45) is 5.92 Å². The van der Waals surface area contributed by atoms with Crippen molar-refractivity contribution < 1.29 is 0 Å². The van der Waals surface area contributed by atoms with E-state index in [-0.39, 0.29) is 0 Å². The Balaban J connectivity index is 1.72. The quantitative estimate of drug-likeness (QED) is 0.587. The van der Waals surface area contributed by atoms with E-state index in [2.05, 4.69) is 58.1 Å². The molecular formula is C24H27ClN4. The molecule has 29 heavy (non-hydrogen) atoms. The molecule has 1 aliphatic heterocycles. The average molecular weight is 407 g/mol. The summed E-state index contributed by atoms with van der Waals surface area (Å²) in [4.78, 5) is 16.0. The van der Waals surface area contributed by atoms with E-state index < -0.39 is 0 Å². The Hall–Kier alpha value is -2.30. The number of likely N-dealkylation sites (tertiary alicyclic amines) is 1. The zero-order chi connectivity index (χ0) is 20.4. The van der Waals surface area contributed by atoms with Gasteiger partial charge in [-0.15, -0.1) is 0 Å². The van der Waals surface area contributed by atoms with Crippen LogP contribution < -0.4 is 0 Å². The maximum Gasteiger partial charge on any atom is 0.116 e. The average Bonchev–Trinajstić information content (AvgIpc) is 2.73. The van der Waals surface area contributed by atoms with Crippen molar-refractivity contribution in [2.45, 2.75) is 33.1 Å². The summed E-state index contributed by atoms with van der Waals surface area (Å²) < 4.78 is 0. The smallest absolute Gasteiger partial charge is 0.116 e. The fraction of sp³-hybridized carbons (Fsp3) is 0.375. The summed E-state index contributed by atoms with van der Waals surface area (Å²) in [6.07, 6.45) is 9.00. The number of benzene rings is 1. The van der Waals surface area contributed by atoms with Crippen molar-refractivity contribution in [1.29, 1.82) is 0 Å². The third-order valence-electron chi connectivity index (χ3n) is 5.98. The summed E-state index contributed by atoms with van der Waals surface area (Å²) >= 11 is 6.23. The third kappa shape index (κ3) is 4.34. The van der Waals surface area contributed by atoms with Crippen LogP contribution in [0.2, 0.25) is 5.02 Å². The van der Waals surface area contributed by atoms with Gasteiger partial charge in [0.15, 0.2) is 0 Å². The second-order valence-electron chi connectivity index (χ2n) is 7.99. The largest absolute Gasteiger partial charge is 0.306 e. The van der Waals surface area contributed by atoms with Gasteiger partial charge in [-0.05, 0) is 88.5 Å². The van der Waals surface area contributed by atoms with E-state index in [1.54, 1.807) is 12.5 Å². The van der Waals surface area contributed by atoms with Gasteiger partial charge in [0.05, 0.1) is 16.2 Å². The molecule has 0 N–H and O–H groups in total. The van der Waals surface area contributed by atoms with Gasteiger partial charge in [0.1, 0.15) is 6.33 Å². The van der Waals surface area contributed by atoms with Gasteiger partial charge in [-0.3, -0.25) is 4.98 Å². The zero-order valence-corrected chi connectivity index (χ0v) is 18.1. The maximum absolute atomic E-state index is 6.23. The molecule has 1 aromatic carbocycles. The standard InChI is InChI=1S/C24H27ClN4/c1-4-20(21-13-19(25)14-26-16(21)2)18-5-6-23-22(12-18)24(28-15-27-23)11-17-7-9-29(3)10-8-17/h4-6,12-15,17H,7-11H2,1-3H3/b20-4-. The molecule has 5 heteroatoms. The van der Waals surface area contributed by atoms with Crippen LogP contribution in [0.15, 0.2) is 42.9 Å². The van der Waals surface area contributed by atoms with Crippen LogP contribution in [0.5, 0.6) is 0 Å². The van der Waals surface area contributed by atoms with Crippen molar-refractivity contribution in [3.63, 3.8) is 0 Å². The van der Waals surface area contributed by atoms with Gasteiger partial charge in [-0.1, -0.05) is 23.7 Å². The molecule has 4 nitrogen and oxygen atoms in total. The van der Waals surface area contributed by atoms with Crippen LogP contribution in [0.3, 0.4) is 0 Å². The van der Waals surface area contributed by atoms with E-state index in [1.165, 1.54) is 25.9 Å². The molecule has 150 valence electrons. The summed E-state index contributed by atoms with van der Waals surface area (Å²) in [5.74, 6) is 0.688. The van der Waals surface area contributed by atoms with Crippen LogP contribution in [0, 0.1) is 12.8 Å². The van der Waals surface area contributed by atoms with Crippen molar-refractivity contribution in [3.8, 4) is 0 Å². The summed E-state index contributed by atoms with van der Waals surface area (Å²) in [5.41, 5.74) is 6.47. The van der Waals surface area contributed by atoms with E-state index in [4.69, 9.17) is 11.6 Å². The van der Waals surface area contributed by atoms with E-state index in [9.17, 15) is 0 Å². The van der Waals surface area contributed by atoms with Gasteiger partial charge in [0.25, 0.3) is 0 Å². The van der Waals surface area contributed by atoms with Crippen LogP contribution in [0.1, 0.15) is 42.3 Å². The number of pyridine rings is 1. The lowest BCUT2D eigenvalue weighted by Crippen LogP contribution is -2.31.